The van der Waals surface area contributed by atoms with Crippen LogP contribution in [0.25, 0.3) is 10.9 Å². The summed E-state index contributed by atoms with van der Waals surface area (Å²) in [6, 6.07) is 15.6. The molecule has 0 saturated heterocycles. The molecule has 0 spiro atoms. The van der Waals surface area contributed by atoms with E-state index in [4.69, 9.17) is 4.74 Å². The summed E-state index contributed by atoms with van der Waals surface area (Å²) in [4.78, 5) is 15.4. The van der Waals surface area contributed by atoms with E-state index in [1.54, 1.807) is 13.3 Å². The number of hydrogen-bond donors (Lipinski definition) is 2. The molecule has 3 aromatic rings. The number of ether oxygens (including phenoxy) is 1. The van der Waals surface area contributed by atoms with Crippen molar-refractivity contribution in [3.8, 4) is 5.75 Å². The van der Waals surface area contributed by atoms with Gasteiger partial charge >= 0.3 is 0 Å². The summed E-state index contributed by atoms with van der Waals surface area (Å²) in [5.74, 6) is 0.788. The van der Waals surface area contributed by atoms with Gasteiger partial charge in [0.1, 0.15) is 5.75 Å². The Labute approximate surface area is 129 Å². The first-order chi connectivity index (χ1) is 10.8. The number of aromatic amines is 1. The minimum atomic E-state index is -0.0626. The standard InChI is InChI=1S/C18H18N2O2/c1-22-17-9-5-2-6-13(17)10-11-19-18(21)15-12-20-16-8-4-3-7-14(15)16/h2-9,12,20H,10-11H2,1H3,(H,19,21). The molecular weight excluding hydrogens is 276 g/mol. The highest BCUT2D eigenvalue weighted by molar-refractivity contribution is 6.06. The zero-order valence-electron chi connectivity index (χ0n) is 12.4. The van der Waals surface area contributed by atoms with Crippen LogP contribution in [0.2, 0.25) is 0 Å². The van der Waals surface area contributed by atoms with Crippen molar-refractivity contribution >= 4 is 16.8 Å². The molecule has 0 fully saturated rings. The number of rotatable bonds is 5. The lowest BCUT2D eigenvalue weighted by Crippen LogP contribution is -2.25. The van der Waals surface area contributed by atoms with Gasteiger partial charge in [0.15, 0.2) is 0 Å². The Balaban J connectivity index is 1.65. The number of benzene rings is 2. The van der Waals surface area contributed by atoms with Crippen LogP contribution in [0.3, 0.4) is 0 Å². The van der Waals surface area contributed by atoms with Crippen molar-refractivity contribution in [2.45, 2.75) is 6.42 Å². The summed E-state index contributed by atoms with van der Waals surface area (Å²) < 4.78 is 5.32. The summed E-state index contributed by atoms with van der Waals surface area (Å²) in [6.07, 6.45) is 2.49. The van der Waals surface area contributed by atoms with Crippen LogP contribution < -0.4 is 10.1 Å². The van der Waals surface area contributed by atoms with Gasteiger partial charge < -0.3 is 15.0 Å². The van der Waals surface area contributed by atoms with Gasteiger partial charge in [0.25, 0.3) is 5.91 Å². The lowest BCUT2D eigenvalue weighted by Gasteiger charge is -2.08. The minimum absolute atomic E-state index is 0.0626. The molecule has 4 heteroatoms. The maximum atomic E-state index is 12.3. The molecule has 1 amide bonds. The van der Waals surface area contributed by atoms with E-state index in [0.717, 1.165) is 28.6 Å². The van der Waals surface area contributed by atoms with Gasteiger partial charge in [-0.15, -0.1) is 0 Å². The van der Waals surface area contributed by atoms with Gasteiger partial charge in [-0.25, -0.2) is 0 Å². The lowest BCUT2D eigenvalue weighted by molar-refractivity contribution is 0.0955. The van der Waals surface area contributed by atoms with Crippen molar-refractivity contribution in [3.05, 3.63) is 65.9 Å². The van der Waals surface area contributed by atoms with E-state index < -0.39 is 0 Å². The summed E-state index contributed by atoms with van der Waals surface area (Å²) in [5, 5.41) is 3.90. The Hall–Kier alpha value is -2.75. The third-order valence-electron chi connectivity index (χ3n) is 3.71. The van der Waals surface area contributed by atoms with Gasteiger partial charge in [-0.05, 0) is 24.1 Å². The van der Waals surface area contributed by atoms with Crippen molar-refractivity contribution in [1.82, 2.24) is 10.3 Å². The SMILES string of the molecule is COc1ccccc1CCNC(=O)c1c[nH]c2ccccc12. The van der Waals surface area contributed by atoms with Crippen LogP contribution in [0, 0.1) is 0 Å². The van der Waals surface area contributed by atoms with E-state index in [-0.39, 0.29) is 5.91 Å². The number of fused-ring (bicyclic) bond motifs is 1. The number of carbonyl (C=O) groups excluding carboxylic acids is 1. The molecule has 3 rings (SSSR count). The molecule has 0 saturated carbocycles. The monoisotopic (exact) mass is 294 g/mol. The molecule has 2 aromatic carbocycles. The Morgan fingerprint density at radius 3 is 2.77 bits per heavy atom. The largest absolute Gasteiger partial charge is 0.496 e. The smallest absolute Gasteiger partial charge is 0.253 e. The second-order valence-corrected chi connectivity index (χ2v) is 5.07. The fraction of sp³-hybridized carbons (Fsp3) is 0.167. The van der Waals surface area contributed by atoms with Crippen LogP contribution in [0.4, 0.5) is 0 Å². The van der Waals surface area contributed by atoms with Gasteiger partial charge in [0.2, 0.25) is 0 Å². The number of nitrogens with one attached hydrogen (secondary N) is 2. The molecule has 0 aliphatic heterocycles. The number of H-pyrrole nitrogens is 1. The van der Waals surface area contributed by atoms with Crippen LogP contribution in [0.5, 0.6) is 5.75 Å². The molecule has 2 N–H and O–H groups in total. The fourth-order valence-electron chi connectivity index (χ4n) is 2.57. The molecule has 1 heterocycles. The first-order valence-electron chi connectivity index (χ1n) is 7.26. The number of methoxy groups -OCH3 is 1. The Bertz CT molecular complexity index is 792. The molecule has 112 valence electrons. The zero-order valence-corrected chi connectivity index (χ0v) is 12.4. The van der Waals surface area contributed by atoms with E-state index in [2.05, 4.69) is 10.3 Å². The van der Waals surface area contributed by atoms with E-state index in [1.165, 1.54) is 0 Å². The maximum absolute atomic E-state index is 12.3. The molecular formula is C18H18N2O2. The number of amides is 1. The van der Waals surface area contributed by atoms with Gasteiger partial charge in [0, 0.05) is 23.6 Å². The minimum Gasteiger partial charge on any atom is -0.496 e. The van der Waals surface area contributed by atoms with Gasteiger partial charge in [0.05, 0.1) is 12.7 Å². The number of aromatic nitrogens is 1. The molecule has 0 atom stereocenters. The highest BCUT2D eigenvalue weighted by Gasteiger charge is 2.11. The number of carbonyl (C=O) groups is 1. The van der Waals surface area contributed by atoms with Crippen molar-refractivity contribution in [3.63, 3.8) is 0 Å². The summed E-state index contributed by atoms with van der Waals surface area (Å²) in [5.41, 5.74) is 2.73. The van der Waals surface area contributed by atoms with Crippen LogP contribution in [0.15, 0.2) is 54.7 Å². The summed E-state index contributed by atoms with van der Waals surface area (Å²) >= 11 is 0. The predicted molar refractivity (Wildman–Crippen MR) is 87.3 cm³/mol. The van der Waals surface area contributed by atoms with E-state index in [1.807, 2.05) is 48.5 Å². The normalized spacial score (nSPS) is 10.6. The fourth-order valence-corrected chi connectivity index (χ4v) is 2.57. The van der Waals surface area contributed by atoms with Crippen LogP contribution in [0.1, 0.15) is 15.9 Å². The average Bonchev–Trinajstić information content (AvgIpc) is 2.99. The second kappa shape index (κ2) is 6.35. The van der Waals surface area contributed by atoms with Gasteiger partial charge in [-0.3, -0.25) is 4.79 Å². The van der Waals surface area contributed by atoms with Crippen molar-refractivity contribution < 1.29 is 9.53 Å². The predicted octanol–water partition coefficient (Wildman–Crippen LogP) is 3.15. The van der Waals surface area contributed by atoms with Crippen molar-refractivity contribution in [1.29, 1.82) is 0 Å². The van der Waals surface area contributed by atoms with E-state index >= 15 is 0 Å². The molecule has 22 heavy (non-hydrogen) atoms. The third-order valence-corrected chi connectivity index (χ3v) is 3.71. The van der Waals surface area contributed by atoms with Crippen LogP contribution >= 0.6 is 0 Å². The molecule has 0 aliphatic rings. The maximum Gasteiger partial charge on any atom is 0.253 e. The van der Waals surface area contributed by atoms with E-state index in [9.17, 15) is 4.79 Å². The topological polar surface area (TPSA) is 54.1 Å². The van der Waals surface area contributed by atoms with Crippen molar-refractivity contribution in [2.24, 2.45) is 0 Å². The Kier molecular flexibility index (Phi) is 4.10. The zero-order chi connectivity index (χ0) is 15.4. The Morgan fingerprint density at radius 2 is 1.91 bits per heavy atom. The second-order valence-electron chi connectivity index (χ2n) is 5.07. The molecule has 0 bridgehead atoms. The quantitative estimate of drug-likeness (QED) is 0.759. The van der Waals surface area contributed by atoms with Crippen LogP contribution in [-0.2, 0) is 6.42 Å². The number of hydrogen-bond acceptors (Lipinski definition) is 2. The molecule has 4 nitrogen and oxygen atoms in total. The van der Waals surface area contributed by atoms with Crippen molar-refractivity contribution in [2.75, 3.05) is 13.7 Å². The van der Waals surface area contributed by atoms with Crippen LogP contribution in [-0.4, -0.2) is 24.5 Å². The highest BCUT2D eigenvalue weighted by Crippen LogP contribution is 2.19. The van der Waals surface area contributed by atoms with Gasteiger partial charge in [-0.2, -0.15) is 0 Å². The first-order valence-corrected chi connectivity index (χ1v) is 7.26. The Morgan fingerprint density at radius 1 is 1.14 bits per heavy atom. The molecule has 0 radical (unpaired) electrons. The van der Waals surface area contributed by atoms with Gasteiger partial charge in [-0.1, -0.05) is 36.4 Å². The first kappa shape index (κ1) is 14.2. The summed E-state index contributed by atoms with van der Waals surface area (Å²) in [7, 11) is 1.66. The molecule has 0 aliphatic carbocycles. The average molecular weight is 294 g/mol. The summed E-state index contributed by atoms with van der Waals surface area (Å²) in [6.45, 7) is 0.568. The molecule has 1 aromatic heterocycles. The van der Waals surface area contributed by atoms with E-state index in [0.29, 0.717) is 12.1 Å². The number of para-hydroxylation sites is 2. The highest BCUT2D eigenvalue weighted by atomic mass is 16.5. The molecule has 0 unspecified atom stereocenters. The third kappa shape index (κ3) is 2.81. The lowest BCUT2D eigenvalue weighted by atomic mass is 10.1.